The second kappa shape index (κ2) is 6.31. The predicted octanol–water partition coefficient (Wildman–Crippen LogP) is 3.36. The lowest BCUT2D eigenvalue weighted by atomic mass is 10.1. The summed E-state index contributed by atoms with van der Waals surface area (Å²) in [6.45, 7) is 2.06. The Kier molecular flexibility index (Phi) is 5.05. The lowest BCUT2D eigenvalue weighted by Crippen LogP contribution is -2.17. The van der Waals surface area contributed by atoms with Gasteiger partial charge in [-0.05, 0) is 40.5 Å². The Morgan fingerprint density at radius 1 is 1.65 bits per heavy atom. The fraction of sp³-hybridized carbons (Fsp3) is 0.308. The maximum Gasteiger partial charge on any atom is 0.335 e. The van der Waals surface area contributed by atoms with E-state index in [0.717, 1.165) is 18.5 Å². The second-order valence-corrected chi connectivity index (χ2v) is 4.51. The van der Waals surface area contributed by atoms with Crippen molar-refractivity contribution in [2.45, 2.75) is 25.8 Å². The standard InChI is InChI=1S/C13H14BrNO2/c1-3-5-10(4-2)15-12-7-6-9(13(16)17)8-11(12)14/h2,6-8,10,15H,3,5H2,1H3,(H,16,17). The number of carboxylic acids is 1. The number of hydrogen-bond donors (Lipinski definition) is 2. The van der Waals surface area contributed by atoms with Crippen molar-refractivity contribution in [3.05, 3.63) is 28.2 Å². The second-order valence-electron chi connectivity index (χ2n) is 3.65. The van der Waals surface area contributed by atoms with Crippen LogP contribution in [0, 0.1) is 12.3 Å². The van der Waals surface area contributed by atoms with E-state index in [1.165, 1.54) is 0 Å². The zero-order valence-electron chi connectivity index (χ0n) is 9.53. The first kappa shape index (κ1) is 13.6. The topological polar surface area (TPSA) is 49.3 Å². The summed E-state index contributed by atoms with van der Waals surface area (Å²) in [4.78, 5) is 10.8. The fourth-order valence-corrected chi connectivity index (χ4v) is 1.93. The molecule has 0 fully saturated rings. The molecular weight excluding hydrogens is 282 g/mol. The molecule has 0 bridgehead atoms. The first-order valence-corrected chi connectivity index (χ1v) is 6.13. The van der Waals surface area contributed by atoms with Crippen LogP contribution in [0.2, 0.25) is 0 Å². The third kappa shape index (κ3) is 3.79. The highest BCUT2D eigenvalue weighted by Gasteiger charge is 2.09. The normalized spacial score (nSPS) is 11.6. The van der Waals surface area contributed by atoms with E-state index in [1.807, 2.05) is 0 Å². The van der Waals surface area contributed by atoms with Crippen LogP contribution in [0.15, 0.2) is 22.7 Å². The summed E-state index contributed by atoms with van der Waals surface area (Å²) in [5, 5.41) is 12.0. The van der Waals surface area contributed by atoms with Crippen LogP contribution in [0.1, 0.15) is 30.1 Å². The van der Waals surface area contributed by atoms with Gasteiger partial charge in [-0.15, -0.1) is 6.42 Å². The highest BCUT2D eigenvalue weighted by molar-refractivity contribution is 9.10. The van der Waals surface area contributed by atoms with Gasteiger partial charge in [-0.3, -0.25) is 0 Å². The first-order valence-electron chi connectivity index (χ1n) is 5.34. The number of terminal acetylenes is 1. The van der Waals surface area contributed by atoms with Gasteiger partial charge in [0.2, 0.25) is 0 Å². The Labute approximate surface area is 109 Å². The largest absolute Gasteiger partial charge is 0.478 e. The summed E-state index contributed by atoms with van der Waals surface area (Å²) in [6.07, 6.45) is 7.28. The van der Waals surface area contributed by atoms with Crippen LogP contribution in [-0.4, -0.2) is 17.1 Å². The molecule has 0 aliphatic carbocycles. The molecule has 3 nitrogen and oxygen atoms in total. The molecule has 1 rings (SSSR count). The molecule has 1 atom stereocenters. The van der Waals surface area contributed by atoms with E-state index in [4.69, 9.17) is 11.5 Å². The Hall–Kier alpha value is -1.47. The molecule has 0 radical (unpaired) electrons. The third-order valence-electron chi connectivity index (χ3n) is 2.32. The van der Waals surface area contributed by atoms with Crippen molar-refractivity contribution < 1.29 is 9.90 Å². The van der Waals surface area contributed by atoms with Gasteiger partial charge in [0, 0.05) is 10.2 Å². The molecule has 0 aliphatic heterocycles. The van der Waals surface area contributed by atoms with Crippen LogP contribution in [0.4, 0.5) is 5.69 Å². The van der Waals surface area contributed by atoms with Crippen molar-refractivity contribution in [1.29, 1.82) is 0 Å². The average molecular weight is 296 g/mol. The van der Waals surface area contributed by atoms with Crippen LogP contribution in [0.3, 0.4) is 0 Å². The van der Waals surface area contributed by atoms with E-state index in [-0.39, 0.29) is 11.6 Å². The van der Waals surface area contributed by atoms with Crippen molar-refractivity contribution >= 4 is 27.6 Å². The van der Waals surface area contributed by atoms with Crippen molar-refractivity contribution in [2.75, 3.05) is 5.32 Å². The number of halogens is 1. The van der Waals surface area contributed by atoms with E-state index in [9.17, 15) is 4.79 Å². The SMILES string of the molecule is C#CC(CCC)Nc1ccc(C(=O)O)cc1Br. The number of rotatable bonds is 5. The lowest BCUT2D eigenvalue weighted by Gasteiger charge is -2.15. The highest BCUT2D eigenvalue weighted by atomic mass is 79.9. The average Bonchev–Trinajstić information content (AvgIpc) is 2.30. The molecule has 0 saturated carbocycles. The quantitative estimate of drug-likeness (QED) is 0.819. The molecule has 2 N–H and O–H groups in total. The molecule has 0 saturated heterocycles. The van der Waals surface area contributed by atoms with E-state index in [2.05, 4.69) is 34.1 Å². The molecule has 0 amide bonds. The predicted molar refractivity (Wildman–Crippen MR) is 72.3 cm³/mol. The molecule has 1 aromatic carbocycles. The lowest BCUT2D eigenvalue weighted by molar-refractivity contribution is 0.0697. The summed E-state index contributed by atoms with van der Waals surface area (Å²) in [6, 6.07) is 4.79. The summed E-state index contributed by atoms with van der Waals surface area (Å²) in [5.41, 5.74) is 1.06. The minimum absolute atomic E-state index is 0.0352. The van der Waals surface area contributed by atoms with Crippen LogP contribution >= 0.6 is 15.9 Å². The zero-order valence-corrected chi connectivity index (χ0v) is 11.1. The minimum Gasteiger partial charge on any atom is -0.478 e. The molecular formula is C13H14BrNO2. The van der Waals surface area contributed by atoms with Crippen molar-refractivity contribution in [2.24, 2.45) is 0 Å². The molecule has 0 spiro atoms. The van der Waals surface area contributed by atoms with E-state index in [0.29, 0.717) is 4.47 Å². The molecule has 0 heterocycles. The Morgan fingerprint density at radius 3 is 2.82 bits per heavy atom. The Morgan fingerprint density at radius 2 is 2.35 bits per heavy atom. The number of carboxylic acid groups (broad SMARTS) is 1. The molecule has 0 aromatic heterocycles. The summed E-state index contributed by atoms with van der Waals surface area (Å²) >= 11 is 3.33. The highest BCUT2D eigenvalue weighted by Crippen LogP contribution is 2.24. The van der Waals surface area contributed by atoms with Gasteiger partial charge < -0.3 is 10.4 Å². The molecule has 0 aliphatic rings. The van der Waals surface area contributed by atoms with Gasteiger partial charge in [-0.1, -0.05) is 19.3 Å². The summed E-state index contributed by atoms with van der Waals surface area (Å²) < 4.78 is 0.703. The molecule has 1 unspecified atom stereocenters. The van der Waals surface area contributed by atoms with Crippen molar-refractivity contribution in [3.63, 3.8) is 0 Å². The van der Waals surface area contributed by atoms with Gasteiger partial charge in [-0.2, -0.15) is 0 Å². The summed E-state index contributed by atoms with van der Waals surface area (Å²) in [7, 11) is 0. The van der Waals surface area contributed by atoms with Gasteiger partial charge in [0.1, 0.15) is 0 Å². The third-order valence-corrected chi connectivity index (χ3v) is 2.98. The minimum atomic E-state index is -0.945. The van der Waals surface area contributed by atoms with Crippen LogP contribution in [0.25, 0.3) is 0 Å². The van der Waals surface area contributed by atoms with Crippen LogP contribution in [0.5, 0.6) is 0 Å². The number of anilines is 1. The monoisotopic (exact) mass is 295 g/mol. The first-order chi connectivity index (χ1) is 8.08. The van der Waals surface area contributed by atoms with Crippen LogP contribution < -0.4 is 5.32 Å². The molecule has 90 valence electrons. The van der Waals surface area contributed by atoms with Crippen molar-refractivity contribution in [1.82, 2.24) is 0 Å². The molecule has 17 heavy (non-hydrogen) atoms. The number of carbonyl (C=O) groups is 1. The number of hydrogen-bond acceptors (Lipinski definition) is 2. The number of nitrogens with one attached hydrogen (secondary N) is 1. The van der Waals surface area contributed by atoms with Gasteiger partial charge >= 0.3 is 5.97 Å². The maximum atomic E-state index is 10.8. The Balaban J connectivity index is 2.86. The van der Waals surface area contributed by atoms with Crippen molar-refractivity contribution in [3.8, 4) is 12.3 Å². The Bertz CT molecular complexity index is 451. The molecule has 1 aromatic rings. The van der Waals surface area contributed by atoms with Crippen LogP contribution in [-0.2, 0) is 0 Å². The van der Waals surface area contributed by atoms with E-state index in [1.54, 1.807) is 18.2 Å². The number of aromatic carboxylic acids is 1. The van der Waals surface area contributed by atoms with Gasteiger partial charge in [0.05, 0.1) is 11.6 Å². The fourth-order valence-electron chi connectivity index (χ4n) is 1.44. The smallest absolute Gasteiger partial charge is 0.335 e. The van der Waals surface area contributed by atoms with Gasteiger partial charge in [0.25, 0.3) is 0 Å². The van der Waals surface area contributed by atoms with E-state index < -0.39 is 5.97 Å². The van der Waals surface area contributed by atoms with E-state index >= 15 is 0 Å². The maximum absolute atomic E-state index is 10.8. The zero-order chi connectivity index (χ0) is 12.8. The van der Waals surface area contributed by atoms with Gasteiger partial charge in [-0.25, -0.2) is 4.79 Å². The number of benzene rings is 1. The molecule has 4 heteroatoms. The summed E-state index contributed by atoms with van der Waals surface area (Å²) in [5.74, 6) is 1.72. The van der Waals surface area contributed by atoms with Gasteiger partial charge in [0.15, 0.2) is 0 Å².